The third-order valence-corrected chi connectivity index (χ3v) is 3.47. The molecule has 0 amide bonds. The van der Waals surface area contributed by atoms with Gasteiger partial charge in [0.1, 0.15) is 0 Å². The lowest BCUT2D eigenvalue weighted by molar-refractivity contribution is -0.440. The Labute approximate surface area is 192 Å². The van der Waals surface area contributed by atoms with Gasteiger partial charge in [0, 0.05) is 7.11 Å². The third-order valence-electron chi connectivity index (χ3n) is 3.47. The minimum atomic E-state index is -6.89. The number of rotatable bonds is 9. The zero-order valence-electron chi connectivity index (χ0n) is 16.8. The van der Waals surface area contributed by atoms with E-state index in [0.717, 1.165) is 0 Å². The lowest BCUT2D eigenvalue weighted by Gasteiger charge is -2.32. The van der Waals surface area contributed by atoms with Crippen molar-refractivity contribution in [2.45, 2.75) is 73.4 Å². The molecule has 0 aliphatic heterocycles. The molecule has 0 N–H and O–H groups in total. The van der Waals surface area contributed by atoms with Crippen molar-refractivity contribution in [3.8, 4) is 0 Å². The average molecular weight is 632 g/mol. The minimum absolute atomic E-state index is 0.125. The highest BCUT2D eigenvalue weighted by atomic mass is 19.4. The van der Waals surface area contributed by atoms with Crippen LogP contribution < -0.4 is 0 Å². The van der Waals surface area contributed by atoms with E-state index in [9.17, 15) is 101 Å². The van der Waals surface area contributed by atoms with Crippen molar-refractivity contribution in [3.05, 3.63) is 0 Å². The van der Waals surface area contributed by atoms with E-state index in [1.165, 1.54) is 0 Å². The summed E-state index contributed by atoms with van der Waals surface area (Å²) in [6.45, 7) is 0. The van der Waals surface area contributed by atoms with Crippen LogP contribution in [0.4, 0.5) is 101 Å². The van der Waals surface area contributed by atoms with Crippen molar-refractivity contribution in [2.24, 2.45) is 0 Å². The Morgan fingerprint density at radius 2 is 0.711 bits per heavy atom. The summed E-state index contributed by atoms with van der Waals surface area (Å²) < 4.78 is 281. The van der Waals surface area contributed by atoms with Crippen LogP contribution in [-0.4, -0.2) is 80.5 Å². The Morgan fingerprint density at radius 1 is 0.447 bits per heavy atom. The average Bonchev–Trinajstić information content (AvgIpc) is 2.70. The van der Waals surface area contributed by atoms with E-state index in [1.54, 1.807) is 0 Å². The highest BCUT2D eigenvalue weighted by molar-refractivity contribution is 4.96. The number of ether oxygens (including phenoxy) is 2. The monoisotopic (exact) mass is 632 g/mol. The van der Waals surface area contributed by atoms with Crippen LogP contribution in [0.2, 0.25) is 0 Å². The summed E-state index contributed by atoms with van der Waals surface area (Å²) in [7, 11) is -0.125. The summed E-state index contributed by atoms with van der Waals surface area (Å²) >= 11 is 0. The van der Waals surface area contributed by atoms with Crippen LogP contribution >= 0.6 is 0 Å². The Morgan fingerprint density at radius 3 is 0.895 bits per heavy atom. The van der Waals surface area contributed by atoms with Crippen LogP contribution in [0, 0.1) is 0 Å². The van der Waals surface area contributed by atoms with Gasteiger partial charge in [0.2, 0.25) is 0 Å². The lowest BCUT2D eigenvalue weighted by atomic mass is 10.1. The van der Waals surface area contributed by atoms with E-state index in [2.05, 4.69) is 9.47 Å². The van der Waals surface area contributed by atoms with Crippen LogP contribution in [0.5, 0.6) is 0 Å². The number of halogens is 23. The Bertz CT molecular complexity index is 699. The molecule has 0 aliphatic carbocycles. The molecule has 0 saturated carbocycles. The van der Waals surface area contributed by atoms with E-state index >= 15 is 0 Å². The molecular formula is C13H7F23O2. The van der Waals surface area contributed by atoms with Crippen molar-refractivity contribution in [1.82, 2.24) is 0 Å². The largest absolute Gasteiger partial charge is 0.460 e. The molecule has 0 bridgehead atoms. The Kier molecular flexibility index (Phi) is 11.6. The first-order valence-corrected chi connectivity index (χ1v) is 8.03. The number of hydrogen-bond acceptors (Lipinski definition) is 2. The van der Waals surface area contributed by atoms with Gasteiger partial charge in [-0.3, -0.25) is 0 Å². The molecule has 0 rings (SSSR count). The second-order valence-electron chi connectivity index (χ2n) is 6.29. The number of hydrogen-bond donors (Lipinski definition) is 0. The molecule has 0 aromatic heterocycles. The van der Waals surface area contributed by atoms with Crippen molar-refractivity contribution < 1.29 is 110 Å². The molecular weight excluding hydrogens is 625 g/mol. The highest BCUT2D eigenvalue weighted by Crippen LogP contribution is 2.53. The molecule has 0 aromatic carbocycles. The second-order valence-corrected chi connectivity index (χ2v) is 6.29. The maximum absolute atomic E-state index is 12.6. The van der Waals surface area contributed by atoms with Crippen molar-refractivity contribution in [2.75, 3.05) is 7.11 Å². The molecule has 0 fully saturated rings. The molecule has 0 aromatic rings. The molecule has 0 aliphatic rings. The van der Waals surface area contributed by atoms with Crippen molar-refractivity contribution >= 4 is 0 Å². The molecule has 0 radical (unpaired) electrons. The number of alkyl halides is 23. The first-order valence-electron chi connectivity index (χ1n) is 8.03. The second kappa shape index (κ2) is 11.4. The van der Waals surface area contributed by atoms with Gasteiger partial charge in [-0.05, 0) is 0 Å². The third kappa shape index (κ3) is 8.16. The van der Waals surface area contributed by atoms with Gasteiger partial charge in [0.25, 0.3) is 25.1 Å². The maximum Gasteiger partial charge on any atom is 0.460 e. The van der Waals surface area contributed by atoms with E-state index in [4.69, 9.17) is 0 Å². The predicted molar refractivity (Wildman–Crippen MR) is 70.6 cm³/mol. The molecule has 0 spiro atoms. The van der Waals surface area contributed by atoms with Crippen LogP contribution in [0.25, 0.3) is 0 Å². The molecule has 4 unspecified atom stereocenters. The van der Waals surface area contributed by atoms with Gasteiger partial charge in [-0.2, -0.15) is 83.4 Å². The van der Waals surface area contributed by atoms with Gasteiger partial charge in [0.15, 0.2) is 0 Å². The van der Waals surface area contributed by atoms with Gasteiger partial charge < -0.3 is 9.47 Å². The quantitative estimate of drug-likeness (QED) is 0.243. The summed E-state index contributed by atoms with van der Waals surface area (Å²) in [5.74, 6) is -26.2. The molecule has 4 atom stereocenters. The highest BCUT2D eigenvalue weighted by Gasteiger charge is 2.82. The van der Waals surface area contributed by atoms with Crippen molar-refractivity contribution in [1.29, 1.82) is 0 Å². The minimum Gasteiger partial charge on any atom is -0.319 e. The molecule has 25 heteroatoms. The maximum atomic E-state index is 12.6. The van der Waals surface area contributed by atoms with Crippen LogP contribution in [0.1, 0.15) is 0 Å². The smallest absolute Gasteiger partial charge is 0.319 e. The molecule has 0 saturated heterocycles. The van der Waals surface area contributed by atoms with Gasteiger partial charge >= 0.3 is 48.3 Å². The van der Waals surface area contributed by atoms with Gasteiger partial charge in [-0.15, -0.1) is 0 Å². The van der Waals surface area contributed by atoms with Crippen molar-refractivity contribution in [3.63, 3.8) is 0 Å². The fraction of sp³-hybridized carbons (Fsp3) is 1.00. The summed E-state index contributed by atoms with van der Waals surface area (Å²) in [5, 5.41) is 0. The van der Waals surface area contributed by atoms with Crippen LogP contribution in [-0.2, 0) is 9.47 Å². The van der Waals surface area contributed by atoms with E-state index in [-0.39, 0.29) is 7.11 Å². The first kappa shape index (κ1) is 38.5. The topological polar surface area (TPSA) is 18.5 Å². The summed E-state index contributed by atoms with van der Waals surface area (Å²) in [6, 6.07) is 0. The van der Waals surface area contributed by atoms with E-state index < -0.39 is 73.4 Å². The molecule has 38 heavy (non-hydrogen) atoms. The fourth-order valence-electron chi connectivity index (χ4n) is 1.44. The SMILES string of the molecule is COC(F)(F)C(F)(F)C(F)(F)C(F)(F)F.FC(OC(F)C(F)(F)C(F)C(F)(F)F)C(F)(F)C(F)C(F)(F)F. The van der Waals surface area contributed by atoms with Gasteiger partial charge in [-0.1, -0.05) is 0 Å². The number of methoxy groups -OCH3 is 1. The standard InChI is InChI=1S/C8H4F14O.C5H3F9O/c9-1(7(17,18)19)5(13,14)3(11)23-4(12)6(15,16)2(10)8(20,21)22;1-15-5(13,14)3(8,9)2(6,7)4(10,11)12/h1-4H;1H3. The predicted octanol–water partition coefficient (Wildman–Crippen LogP) is 7.72. The van der Waals surface area contributed by atoms with Crippen LogP contribution in [0.3, 0.4) is 0 Å². The Hall–Kier alpha value is -1.69. The summed E-state index contributed by atoms with van der Waals surface area (Å²) in [5.41, 5.74) is 0. The first-order chi connectivity index (χ1) is 16.2. The Balaban J connectivity index is 0. The molecule has 232 valence electrons. The fourth-order valence-corrected chi connectivity index (χ4v) is 1.44. The zero-order valence-corrected chi connectivity index (χ0v) is 16.8. The van der Waals surface area contributed by atoms with Gasteiger partial charge in [0.05, 0.1) is 0 Å². The summed E-state index contributed by atoms with van der Waals surface area (Å²) in [6.07, 6.45) is -46.5. The molecule has 2 nitrogen and oxygen atoms in total. The zero-order chi connectivity index (χ0) is 31.7. The van der Waals surface area contributed by atoms with E-state index in [1.807, 2.05) is 0 Å². The van der Waals surface area contributed by atoms with Gasteiger partial charge in [-0.25, -0.2) is 17.6 Å². The normalized spacial score (nSPS) is 18.3. The summed E-state index contributed by atoms with van der Waals surface area (Å²) in [4.78, 5) is 0. The molecule has 0 heterocycles. The van der Waals surface area contributed by atoms with Crippen LogP contribution in [0.15, 0.2) is 0 Å². The lowest BCUT2D eigenvalue weighted by Crippen LogP contribution is -2.61. The van der Waals surface area contributed by atoms with E-state index in [0.29, 0.717) is 0 Å².